The maximum Gasteiger partial charge on any atom is 0.233 e. The summed E-state index contributed by atoms with van der Waals surface area (Å²) < 4.78 is 16.3. The third-order valence-corrected chi connectivity index (χ3v) is 2.91. The lowest BCUT2D eigenvalue weighted by Crippen LogP contribution is -1.98. The first-order valence-corrected chi connectivity index (χ1v) is 6.17. The van der Waals surface area contributed by atoms with Crippen LogP contribution in [0.3, 0.4) is 0 Å². The number of anilines is 1. The second-order valence-corrected chi connectivity index (χ2v) is 4.27. The molecular weight excluding hydrogens is 256 g/mol. The van der Waals surface area contributed by atoms with Crippen molar-refractivity contribution in [3.05, 3.63) is 48.4 Å². The molecule has 3 aromatic rings. The second-order valence-electron chi connectivity index (χ2n) is 4.27. The molecule has 5 heteroatoms. The van der Waals surface area contributed by atoms with E-state index in [1.54, 1.807) is 19.2 Å². The Balaban J connectivity index is 1.79. The predicted octanol–water partition coefficient (Wildman–Crippen LogP) is 3.00. The first kappa shape index (κ1) is 12.3. The topological polar surface area (TPSA) is 70.5 Å². The van der Waals surface area contributed by atoms with Gasteiger partial charge in [-0.25, -0.2) is 4.98 Å². The highest BCUT2D eigenvalue weighted by atomic mass is 16.5. The van der Waals surface area contributed by atoms with Gasteiger partial charge in [-0.3, -0.25) is 0 Å². The summed E-state index contributed by atoms with van der Waals surface area (Å²) in [4.78, 5) is 4.35. The van der Waals surface area contributed by atoms with Crippen LogP contribution in [-0.4, -0.2) is 12.1 Å². The smallest absolute Gasteiger partial charge is 0.233 e. The zero-order valence-electron chi connectivity index (χ0n) is 11.0. The van der Waals surface area contributed by atoms with E-state index >= 15 is 0 Å². The highest BCUT2D eigenvalue weighted by Crippen LogP contribution is 2.24. The Hall–Kier alpha value is -2.69. The van der Waals surface area contributed by atoms with Crippen molar-refractivity contribution in [3.63, 3.8) is 0 Å². The van der Waals surface area contributed by atoms with Gasteiger partial charge in [0, 0.05) is 6.07 Å². The van der Waals surface area contributed by atoms with Crippen molar-refractivity contribution in [3.8, 4) is 11.5 Å². The quantitative estimate of drug-likeness (QED) is 0.738. The van der Waals surface area contributed by atoms with Gasteiger partial charge in [0.2, 0.25) is 5.89 Å². The largest absolute Gasteiger partial charge is 0.497 e. The van der Waals surface area contributed by atoms with Gasteiger partial charge in [0.1, 0.15) is 17.0 Å². The van der Waals surface area contributed by atoms with Crippen molar-refractivity contribution < 1.29 is 13.9 Å². The summed E-state index contributed by atoms with van der Waals surface area (Å²) >= 11 is 0. The van der Waals surface area contributed by atoms with Crippen LogP contribution in [0.1, 0.15) is 5.89 Å². The molecule has 0 saturated heterocycles. The van der Waals surface area contributed by atoms with Crippen molar-refractivity contribution >= 4 is 16.8 Å². The first-order chi connectivity index (χ1) is 9.76. The van der Waals surface area contributed by atoms with Crippen LogP contribution in [0.15, 0.2) is 46.9 Å². The Labute approximate surface area is 115 Å². The molecule has 0 fully saturated rings. The number of benzene rings is 2. The van der Waals surface area contributed by atoms with Gasteiger partial charge < -0.3 is 19.6 Å². The minimum atomic E-state index is 0.227. The molecule has 5 nitrogen and oxygen atoms in total. The zero-order chi connectivity index (χ0) is 13.9. The molecule has 3 rings (SSSR count). The Morgan fingerprint density at radius 2 is 2.05 bits per heavy atom. The number of ether oxygens (including phenoxy) is 2. The summed E-state index contributed by atoms with van der Waals surface area (Å²) in [6.07, 6.45) is 0. The average Bonchev–Trinajstić information content (AvgIpc) is 2.88. The Morgan fingerprint density at radius 1 is 1.20 bits per heavy atom. The molecule has 0 bridgehead atoms. The predicted molar refractivity (Wildman–Crippen MR) is 75.7 cm³/mol. The van der Waals surface area contributed by atoms with E-state index < -0.39 is 0 Å². The van der Waals surface area contributed by atoms with Crippen LogP contribution < -0.4 is 15.2 Å². The number of rotatable bonds is 4. The number of hydrogen-bond acceptors (Lipinski definition) is 5. The van der Waals surface area contributed by atoms with Crippen LogP contribution in [0.25, 0.3) is 11.1 Å². The summed E-state index contributed by atoms with van der Waals surface area (Å²) in [5.74, 6) is 1.86. The summed E-state index contributed by atoms with van der Waals surface area (Å²) in [7, 11) is 1.61. The van der Waals surface area contributed by atoms with Gasteiger partial charge >= 0.3 is 0 Å². The number of nitrogens with two attached hydrogens (primary N) is 1. The van der Waals surface area contributed by atoms with E-state index in [1.165, 1.54) is 0 Å². The van der Waals surface area contributed by atoms with E-state index in [9.17, 15) is 0 Å². The normalized spacial score (nSPS) is 10.7. The third kappa shape index (κ3) is 2.38. The Kier molecular flexibility index (Phi) is 3.16. The number of oxazole rings is 1. The van der Waals surface area contributed by atoms with Crippen molar-refractivity contribution in [2.75, 3.05) is 12.8 Å². The van der Waals surface area contributed by atoms with Crippen LogP contribution in [0.2, 0.25) is 0 Å². The van der Waals surface area contributed by atoms with E-state index in [2.05, 4.69) is 4.98 Å². The van der Waals surface area contributed by atoms with Gasteiger partial charge in [-0.2, -0.15) is 0 Å². The molecule has 0 aliphatic carbocycles. The van der Waals surface area contributed by atoms with Crippen LogP contribution in [0.4, 0.5) is 5.69 Å². The summed E-state index contributed by atoms with van der Waals surface area (Å²) in [5.41, 5.74) is 7.83. The van der Waals surface area contributed by atoms with Crippen molar-refractivity contribution in [1.29, 1.82) is 0 Å². The average molecular weight is 270 g/mol. The molecule has 0 atom stereocenters. The fourth-order valence-electron chi connectivity index (χ4n) is 1.90. The van der Waals surface area contributed by atoms with Gasteiger partial charge in [0.05, 0.1) is 12.8 Å². The van der Waals surface area contributed by atoms with Crippen LogP contribution in [-0.2, 0) is 6.61 Å². The number of hydrogen-bond donors (Lipinski definition) is 1. The Bertz CT molecular complexity index is 737. The molecule has 102 valence electrons. The molecule has 2 N–H and O–H groups in total. The summed E-state index contributed by atoms with van der Waals surface area (Å²) in [6, 6.07) is 12.8. The maximum atomic E-state index is 5.81. The standard InChI is InChI=1S/C15H14N2O3/c1-18-10-6-7-14-12(8-10)17-15(20-14)9-19-13-5-3-2-4-11(13)16/h2-8H,9,16H2,1H3. The monoisotopic (exact) mass is 270 g/mol. The van der Waals surface area contributed by atoms with E-state index in [0.29, 0.717) is 22.9 Å². The maximum absolute atomic E-state index is 5.81. The lowest BCUT2D eigenvalue weighted by molar-refractivity contribution is 0.268. The first-order valence-electron chi connectivity index (χ1n) is 6.17. The van der Waals surface area contributed by atoms with Gasteiger partial charge in [-0.05, 0) is 24.3 Å². The molecule has 0 unspecified atom stereocenters. The Morgan fingerprint density at radius 3 is 2.85 bits per heavy atom. The fourth-order valence-corrected chi connectivity index (χ4v) is 1.90. The second kappa shape index (κ2) is 5.13. The minimum absolute atomic E-state index is 0.227. The van der Waals surface area contributed by atoms with Crippen molar-refractivity contribution in [2.45, 2.75) is 6.61 Å². The zero-order valence-corrected chi connectivity index (χ0v) is 11.0. The number of methoxy groups -OCH3 is 1. The number of nitrogen functional groups attached to an aromatic ring is 1. The lowest BCUT2D eigenvalue weighted by Gasteiger charge is -2.05. The van der Waals surface area contributed by atoms with Gasteiger partial charge in [-0.1, -0.05) is 12.1 Å². The molecule has 0 amide bonds. The van der Waals surface area contributed by atoms with E-state index in [-0.39, 0.29) is 6.61 Å². The van der Waals surface area contributed by atoms with E-state index in [0.717, 1.165) is 11.3 Å². The molecule has 1 heterocycles. The highest BCUT2D eigenvalue weighted by molar-refractivity contribution is 5.74. The SMILES string of the molecule is COc1ccc2oc(COc3ccccc3N)nc2c1. The van der Waals surface area contributed by atoms with Crippen molar-refractivity contribution in [1.82, 2.24) is 4.98 Å². The number of aromatic nitrogens is 1. The van der Waals surface area contributed by atoms with E-state index in [4.69, 9.17) is 19.6 Å². The van der Waals surface area contributed by atoms with Gasteiger partial charge in [0.25, 0.3) is 0 Å². The van der Waals surface area contributed by atoms with Gasteiger partial charge in [0.15, 0.2) is 12.2 Å². The highest BCUT2D eigenvalue weighted by Gasteiger charge is 2.08. The molecule has 0 aliphatic rings. The van der Waals surface area contributed by atoms with Crippen LogP contribution in [0, 0.1) is 0 Å². The number of nitrogens with zero attached hydrogens (tertiary/aromatic N) is 1. The molecule has 0 saturated carbocycles. The fraction of sp³-hybridized carbons (Fsp3) is 0.133. The molecule has 20 heavy (non-hydrogen) atoms. The van der Waals surface area contributed by atoms with Crippen LogP contribution in [0.5, 0.6) is 11.5 Å². The molecule has 0 radical (unpaired) electrons. The third-order valence-electron chi connectivity index (χ3n) is 2.91. The summed E-state index contributed by atoms with van der Waals surface area (Å²) in [5, 5.41) is 0. The number of para-hydroxylation sites is 2. The van der Waals surface area contributed by atoms with Gasteiger partial charge in [-0.15, -0.1) is 0 Å². The molecular formula is C15H14N2O3. The summed E-state index contributed by atoms with van der Waals surface area (Å²) in [6.45, 7) is 0.227. The lowest BCUT2D eigenvalue weighted by atomic mass is 10.3. The van der Waals surface area contributed by atoms with Crippen molar-refractivity contribution in [2.24, 2.45) is 0 Å². The van der Waals surface area contributed by atoms with Crippen LogP contribution >= 0.6 is 0 Å². The number of fused-ring (bicyclic) bond motifs is 1. The molecule has 2 aromatic carbocycles. The molecule has 1 aromatic heterocycles. The molecule has 0 aliphatic heterocycles. The molecule has 0 spiro atoms. The minimum Gasteiger partial charge on any atom is -0.497 e. The van der Waals surface area contributed by atoms with E-state index in [1.807, 2.05) is 30.3 Å².